The minimum absolute atomic E-state index is 0.252. The largest absolute Gasteiger partial charge is 0.416 e. The molecule has 7 nitrogen and oxygen atoms in total. The van der Waals surface area contributed by atoms with Gasteiger partial charge in [-0.3, -0.25) is 14.3 Å². The van der Waals surface area contributed by atoms with Crippen molar-refractivity contribution in [2.45, 2.75) is 29.5 Å². The predicted octanol–water partition coefficient (Wildman–Crippen LogP) is 7.81. The zero-order valence-electron chi connectivity index (χ0n) is 23.6. The third kappa shape index (κ3) is 7.30. The maximum Gasteiger partial charge on any atom is 0.416 e. The van der Waals surface area contributed by atoms with Crippen molar-refractivity contribution in [3.05, 3.63) is 142 Å². The average Bonchev–Trinajstić information content (AvgIpc) is 3.72. The van der Waals surface area contributed by atoms with E-state index in [1.807, 2.05) is 60.7 Å². The Morgan fingerprint density at radius 1 is 0.911 bits per heavy atom. The van der Waals surface area contributed by atoms with Crippen molar-refractivity contribution >= 4 is 29.0 Å². The van der Waals surface area contributed by atoms with E-state index in [-0.39, 0.29) is 17.6 Å². The van der Waals surface area contributed by atoms with Crippen LogP contribution in [0.2, 0.25) is 0 Å². The molecule has 45 heavy (non-hydrogen) atoms. The summed E-state index contributed by atoms with van der Waals surface area (Å²) in [5.41, 5.74) is 2.52. The first kappa shape index (κ1) is 30.2. The molecule has 0 saturated heterocycles. The molecule has 1 unspecified atom stereocenters. The monoisotopic (exact) mass is 642 g/mol. The Hall–Kier alpha value is -4.81. The molecule has 3 aromatic carbocycles. The van der Waals surface area contributed by atoms with Gasteiger partial charge in [0.05, 0.1) is 23.0 Å². The standard InChI is InChI=1S/C33H25F3N6OS2/c34-33(35,36)25-12-7-13-26(19-25)42-30(24-14-16-37-17-15-24)40-41-32(42)45-21-29-38-28(20-44-29)31(43)39-27(23-10-5-2-6-11-23)18-22-8-3-1-4-9-22/h1-17,19-20,27H,18,21H2,(H,39,43). The summed E-state index contributed by atoms with van der Waals surface area (Å²) in [6.45, 7) is 0. The van der Waals surface area contributed by atoms with Gasteiger partial charge in [-0.05, 0) is 47.9 Å². The van der Waals surface area contributed by atoms with E-state index in [9.17, 15) is 18.0 Å². The summed E-state index contributed by atoms with van der Waals surface area (Å²) in [5.74, 6) is 0.417. The van der Waals surface area contributed by atoms with Gasteiger partial charge >= 0.3 is 6.18 Å². The minimum Gasteiger partial charge on any atom is -0.344 e. The van der Waals surface area contributed by atoms with Crippen LogP contribution < -0.4 is 5.32 Å². The van der Waals surface area contributed by atoms with Gasteiger partial charge in [0, 0.05) is 23.3 Å². The van der Waals surface area contributed by atoms with Crippen molar-refractivity contribution in [2.24, 2.45) is 0 Å². The predicted molar refractivity (Wildman–Crippen MR) is 168 cm³/mol. The molecule has 0 fully saturated rings. The van der Waals surface area contributed by atoms with E-state index in [1.165, 1.54) is 29.2 Å². The first-order valence-electron chi connectivity index (χ1n) is 13.9. The molecular weight excluding hydrogens is 618 g/mol. The Morgan fingerprint density at radius 3 is 2.38 bits per heavy atom. The molecule has 6 rings (SSSR count). The lowest BCUT2D eigenvalue weighted by Gasteiger charge is -2.19. The van der Waals surface area contributed by atoms with E-state index in [0.29, 0.717) is 39.4 Å². The average molecular weight is 643 g/mol. The Bertz CT molecular complexity index is 1880. The summed E-state index contributed by atoms with van der Waals surface area (Å²) in [6.07, 6.45) is -0.726. The lowest BCUT2D eigenvalue weighted by Crippen LogP contribution is -2.30. The molecule has 3 heterocycles. The SMILES string of the molecule is O=C(NC(Cc1ccccc1)c1ccccc1)c1csc(CSc2nnc(-c3ccncc3)n2-c2cccc(C(F)(F)F)c2)n1. The van der Waals surface area contributed by atoms with Crippen LogP contribution in [0, 0.1) is 0 Å². The van der Waals surface area contributed by atoms with Crippen LogP contribution in [0.3, 0.4) is 0 Å². The highest BCUT2D eigenvalue weighted by Gasteiger charge is 2.31. The smallest absolute Gasteiger partial charge is 0.344 e. The fraction of sp³-hybridized carbons (Fsp3) is 0.121. The fourth-order valence-corrected chi connectivity index (χ4v) is 6.48. The highest BCUT2D eigenvalue weighted by Crippen LogP contribution is 2.34. The zero-order valence-corrected chi connectivity index (χ0v) is 25.2. The molecule has 0 bridgehead atoms. The number of alkyl halides is 3. The van der Waals surface area contributed by atoms with Gasteiger partial charge in [-0.1, -0.05) is 78.5 Å². The minimum atomic E-state index is -4.51. The second-order valence-corrected chi connectivity index (χ2v) is 11.9. The van der Waals surface area contributed by atoms with Crippen LogP contribution in [0.5, 0.6) is 0 Å². The van der Waals surface area contributed by atoms with E-state index in [1.54, 1.807) is 40.5 Å². The molecule has 6 aromatic rings. The van der Waals surface area contributed by atoms with Crippen LogP contribution in [-0.4, -0.2) is 30.6 Å². The second kappa shape index (κ2) is 13.4. The molecule has 226 valence electrons. The quantitative estimate of drug-likeness (QED) is 0.154. The van der Waals surface area contributed by atoms with Crippen LogP contribution in [0.4, 0.5) is 13.2 Å². The number of thiazole rings is 1. The van der Waals surface area contributed by atoms with Crippen molar-refractivity contribution in [2.75, 3.05) is 0 Å². The molecule has 1 N–H and O–H groups in total. The zero-order chi connectivity index (χ0) is 31.2. The van der Waals surface area contributed by atoms with Crippen LogP contribution >= 0.6 is 23.1 Å². The number of nitrogens with one attached hydrogen (secondary N) is 1. The maximum atomic E-state index is 13.6. The van der Waals surface area contributed by atoms with Gasteiger partial charge in [0.25, 0.3) is 5.91 Å². The highest BCUT2D eigenvalue weighted by atomic mass is 32.2. The first-order chi connectivity index (χ1) is 21.8. The topological polar surface area (TPSA) is 85.6 Å². The lowest BCUT2D eigenvalue weighted by atomic mass is 9.99. The number of hydrogen-bond acceptors (Lipinski definition) is 7. The highest BCUT2D eigenvalue weighted by molar-refractivity contribution is 7.98. The summed E-state index contributed by atoms with van der Waals surface area (Å²) in [4.78, 5) is 21.9. The van der Waals surface area contributed by atoms with Crippen molar-refractivity contribution < 1.29 is 18.0 Å². The van der Waals surface area contributed by atoms with Gasteiger partial charge in [-0.25, -0.2) is 4.98 Å². The summed E-state index contributed by atoms with van der Waals surface area (Å²) < 4.78 is 42.3. The van der Waals surface area contributed by atoms with E-state index in [0.717, 1.165) is 23.3 Å². The lowest BCUT2D eigenvalue weighted by molar-refractivity contribution is -0.137. The molecule has 0 aliphatic carbocycles. The Morgan fingerprint density at radius 2 is 1.64 bits per heavy atom. The number of carbonyl (C=O) groups excluding carboxylic acids is 1. The van der Waals surface area contributed by atoms with Gasteiger partial charge in [0.2, 0.25) is 0 Å². The number of hydrogen-bond donors (Lipinski definition) is 1. The molecule has 12 heteroatoms. The van der Waals surface area contributed by atoms with E-state index >= 15 is 0 Å². The number of nitrogens with zero attached hydrogens (tertiary/aromatic N) is 5. The van der Waals surface area contributed by atoms with Gasteiger partial charge in [0.1, 0.15) is 10.7 Å². The van der Waals surface area contributed by atoms with E-state index < -0.39 is 11.7 Å². The van der Waals surface area contributed by atoms with Gasteiger partial charge in [-0.15, -0.1) is 21.5 Å². The third-order valence-corrected chi connectivity index (χ3v) is 8.87. The summed E-state index contributed by atoms with van der Waals surface area (Å²) in [5, 5.41) is 14.5. The maximum absolute atomic E-state index is 13.6. The summed E-state index contributed by atoms with van der Waals surface area (Å²) in [6, 6.07) is 27.9. The molecule has 0 radical (unpaired) electrons. The Labute approximate surface area is 265 Å². The number of pyridine rings is 1. The normalized spacial score (nSPS) is 12.2. The van der Waals surface area contributed by atoms with Crippen LogP contribution in [0.1, 0.15) is 38.2 Å². The van der Waals surface area contributed by atoms with Gasteiger partial charge < -0.3 is 5.32 Å². The molecule has 1 atom stereocenters. The van der Waals surface area contributed by atoms with Gasteiger partial charge in [-0.2, -0.15) is 13.2 Å². The fourth-order valence-electron chi connectivity index (χ4n) is 4.73. The van der Waals surface area contributed by atoms with Gasteiger partial charge in [0.15, 0.2) is 11.0 Å². The summed E-state index contributed by atoms with van der Waals surface area (Å²) in [7, 11) is 0. The molecule has 3 aromatic heterocycles. The van der Waals surface area contributed by atoms with E-state index in [2.05, 4.69) is 25.5 Å². The van der Waals surface area contributed by atoms with Crippen LogP contribution in [0.15, 0.2) is 120 Å². The van der Waals surface area contributed by atoms with Crippen LogP contribution in [0.25, 0.3) is 17.1 Å². The Kier molecular flexibility index (Phi) is 9.03. The third-order valence-electron chi connectivity index (χ3n) is 6.90. The first-order valence-corrected chi connectivity index (χ1v) is 15.7. The molecular formula is C33H25F3N6OS2. The molecule has 0 spiro atoms. The number of thioether (sulfide) groups is 1. The second-order valence-electron chi connectivity index (χ2n) is 9.97. The molecule has 0 aliphatic rings. The van der Waals surface area contributed by atoms with Crippen molar-refractivity contribution in [3.8, 4) is 17.1 Å². The van der Waals surface area contributed by atoms with Crippen molar-refractivity contribution in [1.29, 1.82) is 0 Å². The Balaban J connectivity index is 1.22. The molecule has 0 saturated carbocycles. The number of benzene rings is 3. The number of amides is 1. The van der Waals surface area contributed by atoms with Crippen molar-refractivity contribution in [1.82, 2.24) is 30.0 Å². The number of carbonyl (C=O) groups is 1. The number of aromatic nitrogens is 5. The molecule has 0 aliphatic heterocycles. The molecule has 1 amide bonds. The van der Waals surface area contributed by atoms with E-state index in [4.69, 9.17) is 0 Å². The summed E-state index contributed by atoms with van der Waals surface area (Å²) >= 11 is 2.60. The number of halogens is 3. The number of rotatable bonds is 10. The van der Waals surface area contributed by atoms with Crippen LogP contribution in [-0.2, 0) is 18.3 Å². The van der Waals surface area contributed by atoms with Crippen molar-refractivity contribution in [3.63, 3.8) is 0 Å².